The van der Waals surface area contributed by atoms with E-state index >= 15 is 0 Å². The molecule has 0 radical (unpaired) electrons. The zero-order valence-electron chi connectivity index (χ0n) is 12.9. The Kier molecular flexibility index (Phi) is 6.24. The summed E-state index contributed by atoms with van der Waals surface area (Å²) in [7, 11) is -3.11. The fourth-order valence-corrected chi connectivity index (χ4v) is 3.63. The number of carbonyl (C=O) groups is 1. The molecule has 2 rings (SSSR count). The summed E-state index contributed by atoms with van der Waals surface area (Å²) in [5, 5.41) is 2.85. The van der Waals surface area contributed by atoms with Crippen LogP contribution in [0.1, 0.15) is 15.9 Å². The second-order valence-electron chi connectivity index (χ2n) is 5.19. The largest absolute Gasteiger partial charge is 0.351 e. The van der Waals surface area contributed by atoms with Crippen LogP contribution in [0.15, 0.2) is 59.5 Å². The molecule has 6 heteroatoms. The molecule has 0 spiro atoms. The minimum Gasteiger partial charge on any atom is -0.351 e. The van der Waals surface area contributed by atoms with Gasteiger partial charge in [0.15, 0.2) is 9.84 Å². The molecule has 0 aromatic heterocycles. The van der Waals surface area contributed by atoms with E-state index in [9.17, 15) is 13.2 Å². The van der Waals surface area contributed by atoms with Gasteiger partial charge in [0.1, 0.15) is 0 Å². The molecule has 122 valence electrons. The smallest absolute Gasteiger partial charge is 0.251 e. The van der Waals surface area contributed by atoms with Gasteiger partial charge in [0, 0.05) is 29.0 Å². The molecule has 0 fully saturated rings. The van der Waals surface area contributed by atoms with Crippen LogP contribution >= 0.6 is 11.8 Å². The van der Waals surface area contributed by atoms with Gasteiger partial charge in [-0.1, -0.05) is 30.3 Å². The summed E-state index contributed by atoms with van der Waals surface area (Å²) in [6.45, 7) is 0.550. The molecule has 0 heterocycles. The van der Waals surface area contributed by atoms with Gasteiger partial charge >= 0.3 is 0 Å². The van der Waals surface area contributed by atoms with Gasteiger partial charge in [0.05, 0.1) is 5.75 Å². The van der Waals surface area contributed by atoms with Gasteiger partial charge in [-0.15, -0.1) is 11.8 Å². The van der Waals surface area contributed by atoms with E-state index in [1.807, 2.05) is 30.3 Å². The van der Waals surface area contributed by atoms with E-state index in [-0.39, 0.29) is 11.7 Å². The Morgan fingerprint density at radius 3 is 2.52 bits per heavy atom. The minimum atomic E-state index is -3.11. The average molecular weight is 349 g/mol. The molecule has 1 N–H and O–H groups in total. The molecule has 23 heavy (non-hydrogen) atoms. The summed E-state index contributed by atoms with van der Waals surface area (Å²) in [6, 6.07) is 16.7. The molecule has 0 atom stereocenters. The Hall–Kier alpha value is -1.79. The van der Waals surface area contributed by atoms with Crippen molar-refractivity contribution >= 4 is 27.5 Å². The van der Waals surface area contributed by atoms with Gasteiger partial charge < -0.3 is 5.32 Å². The van der Waals surface area contributed by atoms with E-state index in [1.54, 1.807) is 36.0 Å². The van der Waals surface area contributed by atoms with Crippen molar-refractivity contribution in [3.05, 3.63) is 65.7 Å². The maximum Gasteiger partial charge on any atom is 0.251 e. The lowest BCUT2D eigenvalue weighted by atomic mass is 10.1. The highest BCUT2D eigenvalue weighted by molar-refractivity contribution is 7.99. The first-order valence-corrected chi connectivity index (χ1v) is 10.2. The topological polar surface area (TPSA) is 63.2 Å². The summed E-state index contributed by atoms with van der Waals surface area (Å²) in [6.07, 6.45) is 1.18. The maximum absolute atomic E-state index is 12.1. The quantitative estimate of drug-likeness (QED) is 0.617. The Morgan fingerprint density at radius 1 is 1.09 bits per heavy atom. The summed E-state index contributed by atoms with van der Waals surface area (Å²) >= 11 is 1.67. The fraction of sp³-hybridized carbons (Fsp3) is 0.235. The molecule has 2 aromatic rings. The van der Waals surface area contributed by atoms with Crippen LogP contribution in [0.4, 0.5) is 0 Å². The van der Waals surface area contributed by atoms with Crippen LogP contribution in [-0.2, 0) is 15.6 Å². The van der Waals surface area contributed by atoms with Crippen molar-refractivity contribution in [1.29, 1.82) is 0 Å². The summed E-state index contributed by atoms with van der Waals surface area (Å²) in [5.74, 6) is 0.533. The normalized spacial score (nSPS) is 11.2. The van der Waals surface area contributed by atoms with Crippen molar-refractivity contribution in [1.82, 2.24) is 5.32 Å². The lowest BCUT2D eigenvalue weighted by Gasteiger charge is -2.07. The van der Waals surface area contributed by atoms with Crippen LogP contribution in [0.5, 0.6) is 0 Å². The Bertz CT molecular complexity index is 758. The van der Waals surface area contributed by atoms with Gasteiger partial charge in [-0.05, 0) is 29.8 Å². The van der Waals surface area contributed by atoms with Crippen molar-refractivity contribution in [2.45, 2.75) is 10.6 Å². The summed E-state index contributed by atoms with van der Waals surface area (Å²) < 4.78 is 22.6. The van der Waals surface area contributed by atoms with E-state index in [1.165, 1.54) is 6.26 Å². The highest BCUT2D eigenvalue weighted by Crippen LogP contribution is 2.16. The lowest BCUT2D eigenvalue weighted by molar-refractivity contribution is 0.0956. The second kappa shape index (κ2) is 8.17. The number of sulfone groups is 1. The van der Waals surface area contributed by atoms with Crippen LogP contribution < -0.4 is 5.32 Å². The summed E-state index contributed by atoms with van der Waals surface area (Å²) in [5.41, 5.74) is 1.11. The molecule has 0 unspecified atom stereocenters. The van der Waals surface area contributed by atoms with E-state index in [0.717, 1.165) is 10.6 Å². The molecule has 0 aliphatic rings. The monoisotopic (exact) mass is 349 g/mol. The van der Waals surface area contributed by atoms with Crippen molar-refractivity contribution in [3.8, 4) is 0 Å². The minimum absolute atomic E-state index is 0.0576. The molecule has 1 amide bonds. The van der Waals surface area contributed by atoms with Crippen molar-refractivity contribution in [3.63, 3.8) is 0 Å². The van der Waals surface area contributed by atoms with E-state index in [2.05, 4.69) is 5.32 Å². The number of nitrogens with one attached hydrogen (secondary N) is 1. The SMILES string of the molecule is CS(=O)(=O)Cc1cccc(C(=O)NCCSc2ccccc2)c1. The first kappa shape index (κ1) is 17.6. The molecule has 0 aliphatic carbocycles. The first-order valence-electron chi connectivity index (χ1n) is 7.17. The standard InChI is InChI=1S/C17H19NO3S2/c1-23(20,21)13-14-6-5-7-15(12-14)17(19)18-10-11-22-16-8-3-2-4-9-16/h2-9,12H,10-11,13H2,1H3,(H,18,19). The number of hydrogen-bond acceptors (Lipinski definition) is 4. The predicted molar refractivity (Wildman–Crippen MR) is 94.5 cm³/mol. The predicted octanol–water partition coefficient (Wildman–Crippen LogP) is 2.75. The number of amides is 1. The second-order valence-corrected chi connectivity index (χ2v) is 8.50. The third kappa shape index (κ3) is 6.46. The maximum atomic E-state index is 12.1. The lowest BCUT2D eigenvalue weighted by Crippen LogP contribution is -2.25. The average Bonchev–Trinajstić information content (AvgIpc) is 2.51. The van der Waals surface area contributed by atoms with Crippen LogP contribution in [-0.4, -0.2) is 32.9 Å². The molecule has 0 bridgehead atoms. The van der Waals surface area contributed by atoms with Gasteiger partial charge in [-0.3, -0.25) is 4.79 Å². The third-order valence-electron chi connectivity index (χ3n) is 3.02. The molecular formula is C17H19NO3S2. The third-order valence-corrected chi connectivity index (χ3v) is 4.89. The zero-order valence-corrected chi connectivity index (χ0v) is 14.5. The Balaban J connectivity index is 1.85. The van der Waals surface area contributed by atoms with E-state index in [0.29, 0.717) is 17.7 Å². The van der Waals surface area contributed by atoms with E-state index in [4.69, 9.17) is 0 Å². The highest BCUT2D eigenvalue weighted by Gasteiger charge is 2.09. The number of benzene rings is 2. The fourth-order valence-electron chi connectivity index (χ4n) is 2.06. The molecule has 4 nitrogen and oxygen atoms in total. The number of hydrogen-bond donors (Lipinski definition) is 1. The van der Waals surface area contributed by atoms with Crippen molar-refractivity contribution in [2.75, 3.05) is 18.6 Å². The van der Waals surface area contributed by atoms with Crippen molar-refractivity contribution in [2.24, 2.45) is 0 Å². The van der Waals surface area contributed by atoms with Crippen LogP contribution in [0, 0.1) is 0 Å². The van der Waals surface area contributed by atoms with Crippen LogP contribution in [0.25, 0.3) is 0 Å². The van der Waals surface area contributed by atoms with Crippen LogP contribution in [0.3, 0.4) is 0 Å². The highest BCUT2D eigenvalue weighted by atomic mass is 32.2. The number of carbonyl (C=O) groups excluding carboxylic acids is 1. The first-order chi connectivity index (χ1) is 10.9. The molecular weight excluding hydrogens is 330 g/mol. The van der Waals surface area contributed by atoms with Gasteiger partial charge in [0.25, 0.3) is 5.91 Å². The van der Waals surface area contributed by atoms with Crippen LogP contribution in [0.2, 0.25) is 0 Å². The van der Waals surface area contributed by atoms with Gasteiger partial charge in [-0.2, -0.15) is 0 Å². The molecule has 2 aromatic carbocycles. The van der Waals surface area contributed by atoms with E-state index < -0.39 is 9.84 Å². The van der Waals surface area contributed by atoms with Gasteiger partial charge in [-0.25, -0.2) is 8.42 Å². The Labute approximate surface area is 141 Å². The zero-order chi connectivity index (χ0) is 16.7. The number of rotatable bonds is 7. The molecule has 0 aliphatic heterocycles. The molecule has 0 saturated carbocycles. The van der Waals surface area contributed by atoms with Gasteiger partial charge in [0.2, 0.25) is 0 Å². The van der Waals surface area contributed by atoms with Crippen molar-refractivity contribution < 1.29 is 13.2 Å². The number of thioether (sulfide) groups is 1. The summed E-state index contributed by atoms with van der Waals surface area (Å²) in [4.78, 5) is 13.3. The molecule has 0 saturated heterocycles. The Morgan fingerprint density at radius 2 is 1.83 bits per heavy atom.